The predicted molar refractivity (Wildman–Crippen MR) is 211 cm³/mol. The van der Waals surface area contributed by atoms with E-state index in [1.165, 1.54) is 27.8 Å². The van der Waals surface area contributed by atoms with Gasteiger partial charge in [-0.15, -0.1) is 0 Å². The molecule has 2 aliphatic rings. The number of rotatable bonds is 3. The Labute approximate surface area is 304 Å². The number of aromatic nitrogens is 4. The zero-order chi connectivity index (χ0) is 34.7. The maximum atomic E-state index is 6.38. The molecule has 0 atom stereocenters. The average Bonchev–Trinajstić information content (AvgIpc) is 3.96. The van der Waals surface area contributed by atoms with Gasteiger partial charge in [-0.1, -0.05) is 140 Å². The summed E-state index contributed by atoms with van der Waals surface area (Å²) >= 11 is 0. The van der Waals surface area contributed by atoms with Gasteiger partial charge in [0.1, 0.15) is 28.0 Å². The van der Waals surface area contributed by atoms with Crippen LogP contribution in [-0.2, 0) is 5.41 Å². The van der Waals surface area contributed by atoms with Gasteiger partial charge in [-0.05, 0) is 63.7 Å². The molecule has 246 valence electrons. The van der Waals surface area contributed by atoms with Crippen molar-refractivity contribution in [2.75, 3.05) is 0 Å². The summed E-state index contributed by atoms with van der Waals surface area (Å²) in [7, 11) is 0. The minimum absolute atomic E-state index is 0.521. The number of hydrogen-bond acceptors (Lipinski definition) is 4. The maximum absolute atomic E-state index is 6.38. The van der Waals surface area contributed by atoms with E-state index < -0.39 is 5.41 Å². The van der Waals surface area contributed by atoms with E-state index in [-0.39, 0.29) is 0 Å². The fourth-order valence-electron chi connectivity index (χ4n) is 9.06. The number of para-hydroxylation sites is 3. The van der Waals surface area contributed by atoms with Crippen LogP contribution in [-0.4, -0.2) is 19.5 Å². The Hall–Kier alpha value is -7.11. The van der Waals surface area contributed by atoms with E-state index in [2.05, 4.69) is 138 Å². The van der Waals surface area contributed by atoms with Crippen LogP contribution in [0.5, 0.6) is 0 Å². The molecule has 0 amide bonds. The summed E-state index contributed by atoms with van der Waals surface area (Å²) in [5.74, 6) is 1.68. The molecule has 7 aromatic carbocycles. The van der Waals surface area contributed by atoms with Crippen molar-refractivity contribution < 1.29 is 4.42 Å². The third-order valence-corrected chi connectivity index (χ3v) is 11.2. The summed E-state index contributed by atoms with van der Waals surface area (Å²) in [4.78, 5) is 15.9. The van der Waals surface area contributed by atoms with Crippen molar-refractivity contribution in [3.05, 3.63) is 192 Å². The van der Waals surface area contributed by atoms with E-state index in [0.29, 0.717) is 11.4 Å². The summed E-state index contributed by atoms with van der Waals surface area (Å²) in [5.41, 5.74) is 16.2. The smallest absolute Gasteiger partial charge is 0.180 e. The number of imidazole rings is 1. The van der Waals surface area contributed by atoms with Crippen LogP contribution in [0.25, 0.3) is 83.7 Å². The summed E-state index contributed by atoms with van der Waals surface area (Å²) in [5, 5.41) is 0.974. The van der Waals surface area contributed by atoms with Gasteiger partial charge in [0.25, 0.3) is 0 Å². The monoisotopic (exact) mass is 676 g/mol. The van der Waals surface area contributed by atoms with E-state index in [9.17, 15) is 0 Å². The lowest BCUT2D eigenvalue weighted by molar-refractivity contribution is 0.667. The van der Waals surface area contributed by atoms with Crippen molar-refractivity contribution >= 4 is 33.1 Å². The van der Waals surface area contributed by atoms with Gasteiger partial charge in [-0.25, -0.2) is 15.0 Å². The van der Waals surface area contributed by atoms with Crippen LogP contribution in [0.2, 0.25) is 0 Å². The Morgan fingerprint density at radius 3 is 1.96 bits per heavy atom. The molecule has 12 rings (SSSR count). The quantitative estimate of drug-likeness (QED) is 0.187. The molecular formula is C48H28N4O. The third kappa shape index (κ3) is 3.73. The molecule has 1 spiro atoms. The standard InChI is InChI=1S/C48H28N4O/c1-2-14-29(15-3-1)42-45-43(35-20-6-11-27-41(35)53-45)51-46(50-42)31-17-12-16-30(28-31)32-21-13-25-39-44(32)52-40-26-10-9-24-38(40)48(47(52)49-39)36-22-7-4-18-33(36)34-19-5-8-23-37(34)48/h1-28H. The van der Waals surface area contributed by atoms with Gasteiger partial charge in [0.2, 0.25) is 0 Å². The summed E-state index contributed by atoms with van der Waals surface area (Å²) in [6.07, 6.45) is 0. The molecule has 5 heteroatoms. The summed E-state index contributed by atoms with van der Waals surface area (Å²) < 4.78 is 8.80. The highest BCUT2D eigenvalue weighted by Gasteiger charge is 2.54. The highest BCUT2D eigenvalue weighted by molar-refractivity contribution is 6.07. The number of fused-ring (bicyclic) bond motifs is 15. The lowest BCUT2D eigenvalue weighted by Crippen LogP contribution is -2.27. The zero-order valence-electron chi connectivity index (χ0n) is 28.4. The van der Waals surface area contributed by atoms with Gasteiger partial charge in [0.15, 0.2) is 11.4 Å². The Morgan fingerprint density at radius 1 is 0.491 bits per heavy atom. The van der Waals surface area contributed by atoms with Crippen molar-refractivity contribution in [1.82, 2.24) is 19.5 Å². The molecule has 0 unspecified atom stereocenters. The van der Waals surface area contributed by atoms with Crippen LogP contribution in [0, 0.1) is 0 Å². The first kappa shape index (κ1) is 28.6. The topological polar surface area (TPSA) is 56.7 Å². The predicted octanol–water partition coefficient (Wildman–Crippen LogP) is 11.4. The first-order chi connectivity index (χ1) is 26.3. The normalized spacial score (nSPS) is 13.4. The van der Waals surface area contributed by atoms with Crippen LogP contribution < -0.4 is 0 Å². The Morgan fingerprint density at radius 2 is 1.13 bits per heavy atom. The van der Waals surface area contributed by atoms with Crippen molar-refractivity contribution in [1.29, 1.82) is 0 Å². The molecule has 0 bridgehead atoms. The minimum Gasteiger partial charge on any atom is -0.452 e. The van der Waals surface area contributed by atoms with E-state index in [4.69, 9.17) is 19.4 Å². The van der Waals surface area contributed by atoms with E-state index in [1.807, 2.05) is 36.4 Å². The number of furan rings is 1. The first-order valence-electron chi connectivity index (χ1n) is 18.0. The van der Waals surface area contributed by atoms with Gasteiger partial charge in [-0.2, -0.15) is 0 Å². The van der Waals surface area contributed by atoms with E-state index in [0.717, 1.165) is 67.0 Å². The highest BCUT2D eigenvalue weighted by Crippen LogP contribution is 2.60. The van der Waals surface area contributed by atoms with Crippen molar-refractivity contribution in [3.63, 3.8) is 0 Å². The Bertz CT molecular complexity index is 3090. The largest absolute Gasteiger partial charge is 0.452 e. The molecule has 0 saturated carbocycles. The molecule has 0 radical (unpaired) electrons. The second-order valence-corrected chi connectivity index (χ2v) is 13.9. The molecule has 3 aromatic heterocycles. The molecule has 0 fully saturated rings. The maximum Gasteiger partial charge on any atom is 0.180 e. The van der Waals surface area contributed by atoms with Crippen molar-refractivity contribution in [2.45, 2.75) is 5.41 Å². The molecule has 1 aliphatic heterocycles. The fraction of sp³-hybridized carbons (Fsp3) is 0.0208. The first-order valence-corrected chi connectivity index (χ1v) is 18.0. The van der Waals surface area contributed by atoms with E-state index >= 15 is 0 Å². The van der Waals surface area contributed by atoms with Crippen LogP contribution in [0.3, 0.4) is 0 Å². The zero-order valence-corrected chi connectivity index (χ0v) is 28.4. The summed E-state index contributed by atoms with van der Waals surface area (Å²) in [6.45, 7) is 0. The Kier molecular flexibility index (Phi) is 5.64. The molecule has 5 nitrogen and oxygen atoms in total. The van der Waals surface area contributed by atoms with Crippen LogP contribution in [0.15, 0.2) is 174 Å². The van der Waals surface area contributed by atoms with Gasteiger partial charge < -0.3 is 4.42 Å². The lowest BCUT2D eigenvalue weighted by atomic mass is 9.73. The number of benzene rings is 7. The average molecular weight is 677 g/mol. The lowest BCUT2D eigenvalue weighted by Gasteiger charge is -2.27. The SMILES string of the molecule is c1ccc(-c2nc(-c3cccc(-c4cccc5nc6n(c45)-c4ccccc4C64c5ccccc5-c5ccccc54)c3)nc3c2oc2ccccc23)cc1. The summed E-state index contributed by atoms with van der Waals surface area (Å²) in [6, 6.07) is 59.9. The third-order valence-electron chi connectivity index (χ3n) is 11.2. The molecule has 10 aromatic rings. The van der Waals surface area contributed by atoms with Gasteiger partial charge in [0.05, 0.1) is 16.7 Å². The molecule has 0 N–H and O–H groups in total. The van der Waals surface area contributed by atoms with E-state index in [1.54, 1.807) is 0 Å². The van der Waals surface area contributed by atoms with Gasteiger partial charge in [-0.3, -0.25) is 4.57 Å². The van der Waals surface area contributed by atoms with Crippen LogP contribution >= 0.6 is 0 Å². The second kappa shape index (κ2) is 10.5. The van der Waals surface area contributed by atoms with Gasteiger partial charge >= 0.3 is 0 Å². The molecule has 53 heavy (non-hydrogen) atoms. The van der Waals surface area contributed by atoms with Crippen molar-refractivity contribution in [3.8, 4) is 50.6 Å². The second-order valence-electron chi connectivity index (χ2n) is 13.9. The van der Waals surface area contributed by atoms with Crippen molar-refractivity contribution in [2.24, 2.45) is 0 Å². The fourth-order valence-corrected chi connectivity index (χ4v) is 9.06. The highest BCUT2D eigenvalue weighted by atomic mass is 16.3. The van der Waals surface area contributed by atoms with Crippen LogP contribution in [0.1, 0.15) is 22.5 Å². The molecule has 1 aliphatic carbocycles. The number of nitrogens with zero attached hydrogens (tertiary/aromatic N) is 4. The van der Waals surface area contributed by atoms with Crippen LogP contribution in [0.4, 0.5) is 0 Å². The minimum atomic E-state index is -0.521. The molecule has 4 heterocycles. The van der Waals surface area contributed by atoms with Gasteiger partial charge in [0, 0.05) is 22.1 Å². The molecular weight excluding hydrogens is 649 g/mol. The number of hydrogen-bond donors (Lipinski definition) is 0. The molecule has 0 saturated heterocycles. The Balaban J connectivity index is 1.10.